The molecule has 9 nitrogen and oxygen atoms in total. The zero-order valence-corrected chi connectivity index (χ0v) is 18.5. The third-order valence-corrected chi connectivity index (χ3v) is 3.64. The number of carbonyl (C=O) groups excluding carboxylic acids is 1. The third-order valence-electron chi connectivity index (χ3n) is 3.64. The zero-order valence-electron chi connectivity index (χ0n) is 18.5. The van der Waals surface area contributed by atoms with Gasteiger partial charge in [-0.25, -0.2) is 9.59 Å². The van der Waals surface area contributed by atoms with E-state index in [4.69, 9.17) is 24.4 Å². The van der Waals surface area contributed by atoms with Crippen molar-refractivity contribution in [3.63, 3.8) is 0 Å². The molecular formula is C24H26O9. The van der Waals surface area contributed by atoms with Crippen molar-refractivity contribution in [2.24, 2.45) is 0 Å². The Labute approximate surface area is 191 Å². The average molecular weight is 458 g/mol. The van der Waals surface area contributed by atoms with Crippen molar-refractivity contribution in [1.82, 2.24) is 0 Å². The molecule has 0 saturated carbocycles. The summed E-state index contributed by atoms with van der Waals surface area (Å²) in [6.45, 7) is 5.77. The molecule has 33 heavy (non-hydrogen) atoms. The fourth-order valence-corrected chi connectivity index (χ4v) is 2.38. The van der Waals surface area contributed by atoms with Crippen molar-refractivity contribution in [2.75, 3.05) is 13.2 Å². The molecule has 0 aliphatic rings. The first-order valence-corrected chi connectivity index (χ1v) is 9.89. The summed E-state index contributed by atoms with van der Waals surface area (Å²) in [5.41, 5.74) is 1.32. The molecule has 0 unspecified atom stereocenters. The standard InChI is InChI=1S/C13H14O5.C11H12O4/c1-3-17-12-8-10(5-7-13(15)16)4-6-11(12)18-9(2)14;1-2-15-10-7-8(3-5-9(10)12)4-6-11(13)14/h4-8H,3H2,1-2H3,(H,15,16);3-7,12H,2H2,1H3,(H,13,14). The van der Waals surface area contributed by atoms with Gasteiger partial charge in [-0.1, -0.05) is 12.1 Å². The van der Waals surface area contributed by atoms with Crippen LogP contribution in [0.1, 0.15) is 31.9 Å². The molecule has 0 amide bonds. The Morgan fingerprint density at radius 3 is 1.76 bits per heavy atom. The number of hydrogen-bond acceptors (Lipinski definition) is 7. The summed E-state index contributed by atoms with van der Waals surface area (Å²) in [6.07, 6.45) is 4.92. The fourth-order valence-electron chi connectivity index (χ4n) is 2.38. The van der Waals surface area contributed by atoms with Crippen LogP contribution in [0, 0.1) is 0 Å². The predicted molar refractivity (Wildman–Crippen MR) is 122 cm³/mol. The quantitative estimate of drug-likeness (QED) is 0.289. The minimum atomic E-state index is -1.03. The molecular weight excluding hydrogens is 432 g/mol. The van der Waals surface area contributed by atoms with Gasteiger partial charge in [0.2, 0.25) is 0 Å². The van der Waals surface area contributed by atoms with Gasteiger partial charge in [-0.2, -0.15) is 0 Å². The maximum Gasteiger partial charge on any atom is 0.328 e. The number of phenols is 1. The second-order valence-electron chi connectivity index (χ2n) is 6.24. The van der Waals surface area contributed by atoms with Gasteiger partial charge in [-0.3, -0.25) is 4.79 Å². The van der Waals surface area contributed by atoms with Crippen LogP contribution >= 0.6 is 0 Å². The fraction of sp³-hybridized carbons (Fsp3) is 0.208. The number of ether oxygens (including phenoxy) is 3. The molecule has 0 spiro atoms. The summed E-state index contributed by atoms with van der Waals surface area (Å²) in [6, 6.07) is 9.47. The van der Waals surface area contributed by atoms with Gasteiger partial charge in [0.15, 0.2) is 23.0 Å². The van der Waals surface area contributed by atoms with Gasteiger partial charge in [0, 0.05) is 19.1 Å². The molecule has 0 bridgehead atoms. The summed E-state index contributed by atoms with van der Waals surface area (Å²) in [4.78, 5) is 31.6. The summed E-state index contributed by atoms with van der Waals surface area (Å²) in [5.74, 6) is -1.37. The smallest absolute Gasteiger partial charge is 0.328 e. The van der Waals surface area contributed by atoms with Crippen molar-refractivity contribution in [3.8, 4) is 23.0 Å². The molecule has 0 aromatic heterocycles. The molecule has 3 N–H and O–H groups in total. The van der Waals surface area contributed by atoms with Gasteiger partial charge in [0.1, 0.15) is 0 Å². The monoisotopic (exact) mass is 458 g/mol. The minimum absolute atomic E-state index is 0.0457. The van der Waals surface area contributed by atoms with Crippen LogP contribution < -0.4 is 14.2 Å². The van der Waals surface area contributed by atoms with Crippen molar-refractivity contribution < 1.29 is 43.9 Å². The van der Waals surface area contributed by atoms with Gasteiger partial charge < -0.3 is 29.5 Å². The molecule has 0 heterocycles. The van der Waals surface area contributed by atoms with Crippen LogP contribution in [0.25, 0.3) is 12.2 Å². The SMILES string of the molecule is CCOc1cc(C=CC(=O)O)ccc1O.CCOc1cc(C=CC(=O)O)ccc1OC(C)=O. The maximum absolute atomic E-state index is 10.9. The van der Waals surface area contributed by atoms with Gasteiger partial charge >= 0.3 is 17.9 Å². The molecule has 0 radical (unpaired) electrons. The maximum atomic E-state index is 10.9. The molecule has 9 heteroatoms. The van der Waals surface area contributed by atoms with Gasteiger partial charge in [-0.05, 0) is 61.4 Å². The van der Waals surface area contributed by atoms with E-state index >= 15 is 0 Å². The number of benzene rings is 2. The highest BCUT2D eigenvalue weighted by molar-refractivity contribution is 5.86. The van der Waals surface area contributed by atoms with Crippen LogP contribution in [-0.4, -0.2) is 46.4 Å². The van der Waals surface area contributed by atoms with Gasteiger partial charge in [0.05, 0.1) is 13.2 Å². The highest BCUT2D eigenvalue weighted by Gasteiger charge is 2.08. The Hall–Kier alpha value is -4.27. The first-order chi connectivity index (χ1) is 15.7. The number of carboxylic acids is 2. The highest BCUT2D eigenvalue weighted by Crippen LogP contribution is 2.29. The number of esters is 1. The van der Waals surface area contributed by atoms with Crippen LogP contribution in [0.5, 0.6) is 23.0 Å². The molecule has 0 atom stereocenters. The number of aliphatic carboxylic acids is 2. The van der Waals surface area contributed by atoms with Crippen LogP contribution in [-0.2, 0) is 14.4 Å². The Balaban J connectivity index is 0.000000335. The summed E-state index contributed by atoms with van der Waals surface area (Å²) in [5, 5.41) is 26.3. The first-order valence-electron chi connectivity index (χ1n) is 9.89. The van der Waals surface area contributed by atoms with E-state index in [1.54, 1.807) is 44.2 Å². The van der Waals surface area contributed by atoms with Crippen LogP contribution in [0.2, 0.25) is 0 Å². The van der Waals surface area contributed by atoms with Crippen LogP contribution in [0.3, 0.4) is 0 Å². The van der Waals surface area contributed by atoms with E-state index in [-0.39, 0.29) is 5.75 Å². The second kappa shape index (κ2) is 13.9. The number of carboxylic acid groups (broad SMARTS) is 2. The lowest BCUT2D eigenvalue weighted by Gasteiger charge is -2.10. The first kappa shape index (κ1) is 26.8. The molecule has 0 aliphatic carbocycles. The number of hydrogen-bond donors (Lipinski definition) is 3. The molecule has 0 aliphatic heterocycles. The van der Waals surface area contributed by atoms with E-state index in [1.807, 2.05) is 0 Å². The molecule has 2 aromatic rings. The lowest BCUT2D eigenvalue weighted by atomic mass is 10.2. The normalized spacial score (nSPS) is 10.4. The Kier molecular flexibility index (Phi) is 11.3. The summed E-state index contributed by atoms with van der Waals surface area (Å²) >= 11 is 0. The molecule has 0 fully saturated rings. The number of carbonyl (C=O) groups is 3. The highest BCUT2D eigenvalue weighted by atomic mass is 16.6. The zero-order chi connectivity index (χ0) is 24.8. The van der Waals surface area contributed by atoms with E-state index in [9.17, 15) is 19.5 Å². The Bertz CT molecular complexity index is 1020. The van der Waals surface area contributed by atoms with E-state index < -0.39 is 17.9 Å². The summed E-state index contributed by atoms with van der Waals surface area (Å²) < 4.78 is 15.5. The van der Waals surface area contributed by atoms with Crippen molar-refractivity contribution in [2.45, 2.75) is 20.8 Å². The van der Waals surface area contributed by atoms with E-state index in [2.05, 4.69) is 0 Å². The Morgan fingerprint density at radius 1 is 0.788 bits per heavy atom. The molecule has 176 valence electrons. The second-order valence-corrected chi connectivity index (χ2v) is 6.24. The van der Waals surface area contributed by atoms with Gasteiger partial charge in [0.25, 0.3) is 0 Å². The topological polar surface area (TPSA) is 140 Å². The Morgan fingerprint density at radius 2 is 1.27 bits per heavy atom. The van der Waals surface area contributed by atoms with E-state index in [1.165, 1.54) is 25.1 Å². The average Bonchev–Trinajstić information content (AvgIpc) is 2.75. The molecule has 2 rings (SSSR count). The van der Waals surface area contributed by atoms with Crippen molar-refractivity contribution in [3.05, 3.63) is 59.7 Å². The lowest BCUT2D eigenvalue weighted by Crippen LogP contribution is -2.04. The van der Waals surface area contributed by atoms with E-state index in [0.29, 0.717) is 41.6 Å². The predicted octanol–water partition coefficient (Wildman–Crippen LogP) is 4.00. The lowest BCUT2D eigenvalue weighted by molar-refractivity contribution is -0.132. The van der Waals surface area contributed by atoms with Crippen LogP contribution in [0.15, 0.2) is 48.6 Å². The summed E-state index contributed by atoms with van der Waals surface area (Å²) in [7, 11) is 0. The van der Waals surface area contributed by atoms with Crippen molar-refractivity contribution >= 4 is 30.1 Å². The van der Waals surface area contributed by atoms with Gasteiger partial charge in [-0.15, -0.1) is 0 Å². The number of aromatic hydroxyl groups is 1. The molecule has 0 saturated heterocycles. The number of rotatable bonds is 9. The van der Waals surface area contributed by atoms with Crippen molar-refractivity contribution in [1.29, 1.82) is 0 Å². The van der Waals surface area contributed by atoms with E-state index in [0.717, 1.165) is 12.2 Å². The minimum Gasteiger partial charge on any atom is -0.504 e. The largest absolute Gasteiger partial charge is 0.504 e. The number of phenolic OH excluding ortho intramolecular Hbond substituents is 1. The van der Waals surface area contributed by atoms with Crippen LogP contribution in [0.4, 0.5) is 0 Å². The third kappa shape index (κ3) is 10.5. The molecule has 2 aromatic carbocycles.